The van der Waals surface area contributed by atoms with Crippen molar-refractivity contribution in [3.63, 3.8) is 0 Å². The maximum Gasteiger partial charge on any atom is 0.283 e. The smallest absolute Gasteiger partial charge is 0.283 e. The summed E-state index contributed by atoms with van der Waals surface area (Å²) < 4.78 is 0. The second-order valence-electron chi connectivity index (χ2n) is 3.13. The third-order valence-corrected chi connectivity index (χ3v) is 1.86. The van der Waals surface area contributed by atoms with Gasteiger partial charge in [0.2, 0.25) is 0 Å². The Hall–Kier alpha value is -2.37. The molecular formula is C10H11N3O3. The summed E-state index contributed by atoms with van der Waals surface area (Å²) >= 11 is 0. The van der Waals surface area contributed by atoms with Crippen LogP contribution in [0.2, 0.25) is 0 Å². The van der Waals surface area contributed by atoms with Crippen LogP contribution in [0.3, 0.4) is 0 Å². The molecule has 0 aliphatic rings. The van der Waals surface area contributed by atoms with Crippen molar-refractivity contribution in [3.8, 4) is 5.75 Å². The number of phenols is 1. The fourth-order valence-electron chi connectivity index (χ4n) is 1.10. The van der Waals surface area contributed by atoms with E-state index in [2.05, 4.69) is 4.99 Å². The summed E-state index contributed by atoms with van der Waals surface area (Å²) in [5.74, 6) is -1.70. The maximum absolute atomic E-state index is 11.4. The number of Topliss-reactive ketones (excluding diaryl/α,β-unsaturated/α-hetero) is 1. The number of guanidine groups is 1. The molecule has 0 aliphatic heterocycles. The molecule has 0 spiro atoms. The van der Waals surface area contributed by atoms with E-state index in [1.165, 1.54) is 25.1 Å². The second kappa shape index (κ2) is 4.43. The zero-order chi connectivity index (χ0) is 12.3. The number of hydrogen-bond donors (Lipinski definition) is 3. The third kappa shape index (κ3) is 2.57. The van der Waals surface area contributed by atoms with Gasteiger partial charge in [-0.2, -0.15) is 4.99 Å². The summed E-state index contributed by atoms with van der Waals surface area (Å²) in [7, 11) is 0. The van der Waals surface area contributed by atoms with E-state index in [9.17, 15) is 14.7 Å². The fraction of sp³-hybridized carbons (Fsp3) is 0.100. The normalized spacial score (nSPS) is 9.56. The van der Waals surface area contributed by atoms with E-state index in [4.69, 9.17) is 11.5 Å². The van der Waals surface area contributed by atoms with Crippen molar-refractivity contribution in [2.75, 3.05) is 0 Å². The zero-order valence-corrected chi connectivity index (χ0v) is 8.60. The van der Waals surface area contributed by atoms with Gasteiger partial charge in [0.05, 0.1) is 5.56 Å². The topological polar surface area (TPSA) is 119 Å². The Kier molecular flexibility index (Phi) is 3.24. The summed E-state index contributed by atoms with van der Waals surface area (Å²) in [5, 5.41) is 9.42. The highest BCUT2D eigenvalue weighted by molar-refractivity contribution is 6.05. The minimum Gasteiger partial charge on any atom is -0.507 e. The van der Waals surface area contributed by atoms with Gasteiger partial charge >= 0.3 is 0 Å². The first-order valence-corrected chi connectivity index (χ1v) is 4.39. The van der Waals surface area contributed by atoms with Gasteiger partial charge in [-0.15, -0.1) is 0 Å². The van der Waals surface area contributed by atoms with Gasteiger partial charge in [-0.05, 0) is 25.1 Å². The number of phenolic OH excluding ortho intramolecular Hbond substituents is 1. The molecule has 1 aromatic rings. The second-order valence-corrected chi connectivity index (χ2v) is 3.13. The minimum absolute atomic E-state index is 0.110. The van der Waals surface area contributed by atoms with Gasteiger partial charge < -0.3 is 16.6 Å². The number of aromatic hydroxyl groups is 1. The predicted molar refractivity (Wildman–Crippen MR) is 58.3 cm³/mol. The van der Waals surface area contributed by atoms with Gasteiger partial charge in [-0.1, -0.05) is 0 Å². The molecule has 0 unspecified atom stereocenters. The van der Waals surface area contributed by atoms with E-state index in [-0.39, 0.29) is 17.1 Å². The molecule has 0 bridgehead atoms. The summed E-state index contributed by atoms with van der Waals surface area (Å²) in [6, 6.07) is 3.89. The van der Waals surface area contributed by atoms with Crippen LogP contribution < -0.4 is 11.5 Å². The lowest BCUT2D eigenvalue weighted by Crippen LogP contribution is -2.24. The Bertz CT molecular complexity index is 476. The molecule has 0 saturated heterocycles. The molecule has 6 heteroatoms. The number of benzene rings is 1. The highest BCUT2D eigenvalue weighted by Crippen LogP contribution is 2.19. The number of amides is 1. The number of nitrogens with two attached hydrogens (primary N) is 2. The van der Waals surface area contributed by atoms with Crippen LogP contribution in [0.4, 0.5) is 0 Å². The first kappa shape index (κ1) is 11.7. The van der Waals surface area contributed by atoms with E-state index in [1.54, 1.807) is 0 Å². The van der Waals surface area contributed by atoms with Crippen LogP contribution in [0, 0.1) is 0 Å². The van der Waals surface area contributed by atoms with Crippen LogP contribution in [-0.2, 0) is 0 Å². The highest BCUT2D eigenvalue weighted by atomic mass is 16.3. The number of nitrogens with zero attached hydrogens (tertiary/aromatic N) is 1. The fourth-order valence-corrected chi connectivity index (χ4v) is 1.10. The Balaban J connectivity index is 3.22. The van der Waals surface area contributed by atoms with Gasteiger partial charge in [0.1, 0.15) is 5.75 Å². The van der Waals surface area contributed by atoms with Crippen LogP contribution in [0.1, 0.15) is 27.6 Å². The minimum atomic E-state index is -0.791. The molecule has 1 aromatic carbocycles. The molecule has 5 N–H and O–H groups in total. The highest BCUT2D eigenvalue weighted by Gasteiger charge is 2.12. The lowest BCUT2D eigenvalue weighted by atomic mass is 10.1. The van der Waals surface area contributed by atoms with E-state index in [1.807, 2.05) is 0 Å². The number of ketones is 1. The molecule has 0 heterocycles. The molecule has 1 rings (SSSR count). The Morgan fingerprint density at radius 3 is 2.44 bits per heavy atom. The Labute approximate surface area is 91.6 Å². The Morgan fingerprint density at radius 2 is 1.94 bits per heavy atom. The number of aliphatic imine (C=N–C) groups is 1. The average Bonchev–Trinajstić information content (AvgIpc) is 2.16. The first-order chi connectivity index (χ1) is 7.41. The van der Waals surface area contributed by atoms with Crippen molar-refractivity contribution in [2.45, 2.75) is 6.92 Å². The van der Waals surface area contributed by atoms with Crippen molar-refractivity contribution in [1.29, 1.82) is 0 Å². The molecule has 6 nitrogen and oxygen atoms in total. The van der Waals surface area contributed by atoms with Gasteiger partial charge in [0, 0.05) is 5.56 Å². The number of rotatable bonds is 2. The standard InChI is InChI=1S/C10H11N3O3/c1-5(14)6-2-3-8(15)7(4-6)9(16)13-10(11)12/h2-4,15H,1H3,(H4,11,12,13,16). The summed E-state index contributed by atoms with van der Waals surface area (Å²) in [6.07, 6.45) is 0. The number of hydrogen-bond acceptors (Lipinski definition) is 3. The SMILES string of the molecule is CC(=O)c1ccc(O)c(C(=O)N=C(N)N)c1. The molecule has 0 radical (unpaired) electrons. The van der Waals surface area contributed by atoms with Crippen LogP contribution in [0.5, 0.6) is 5.75 Å². The van der Waals surface area contributed by atoms with E-state index >= 15 is 0 Å². The molecular weight excluding hydrogens is 210 g/mol. The van der Waals surface area contributed by atoms with Crippen LogP contribution in [0.15, 0.2) is 23.2 Å². The molecule has 0 saturated carbocycles. The lowest BCUT2D eigenvalue weighted by Gasteiger charge is -2.02. The third-order valence-electron chi connectivity index (χ3n) is 1.86. The molecule has 0 atom stereocenters. The van der Waals surface area contributed by atoms with Gasteiger partial charge in [-0.25, -0.2) is 0 Å². The van der Waals surface area contributed by atoms with E-state index in [0.29, 0.717) is 5.56 Å². The Morgan fingerprint density at radius 1 is 1.31 bits per heavy atom. The van der Waals surface area contributed by atoms with Crippen LogP contribution >= 0.6 is 0 Å². The van der Waals surface area contributed by atoms with Crippen molar-refractivity contribution >= 4 is 17.6 Å². The number of carbonyl (C=O) groups is 2. The van der Waals surface area contributed by atoms with Crippen LogP contribution in [0.25, 0.3) is 0 Å². The van der Waals surface area contributed by atoms with Crippen molar-refractivity contribution in [2.24, 2.45) is 16.5 Å². The molecule has 0 fully saturated rings. The quantitative estimate of drug-likeness (QED) is 0.369. The van der Waals surface area contributed by atoms with Crippen LogP contribution in [-0.4, -0.2) is 22.8 Å². The monoisotopic (exact) mass is 221 g/mol. The van der Waals surface area contributed by atoms with Gasteiger partial charge in [0.25, 0.3) is 5.91 Å². The van der Waals surface area contributed by atoms with E-state index < -0.39 is 11.9 Å². The molecule has 16 heavy (non-hydrogen) atoms. The molecule has 0 aromatic heterocycles. The first-order valence-electron chi connectivity index (χ1n) is 4.39. The average molecular weight is 221 g/mol. The molecule has 0 aliphatic carbocycles. The summed E-state index contributed by atoms with van der Waals surface area (Å²) in [5.41, 5.74) is 10.3. The van der Waals surface area contributed by atoms with Crippen molar-refractivity contribution in [1.82, 2.24) is 0 Å². The zero-order valence-electron chi connectivity index (χ0n) is 8.60. The van der Waals surface area contributed by atoms with Gasteiger partial charge in [-0.3, -0.25) is 9.59 Å². The van der Waals surface area contributed by atoms with Crippen molar-refractivity contribution in [3.05, 3.63) is 29.3 Å². The maximum atomic E-state index is 11.4. The molecule has 1 amide bonds. The summed E-state index contributed by atoms with van der Waals surface area (Å²) in [6.45, 7) is 1.35. The molecule has 84 valence electrons. The van der Waals surface area contributed by atoms with E-state index in [0.717, 1.165) is 0 Å². The number of carbonyl (C=O) groups excluding carboxylic acids is 2. The largest absolute Gasteiger partial charge is 0.507 e. The predicted octanol–water partition coefficient (Wildman–Crippen LogP) is 0.00840. The lowest BCUT2D eigenvalue weighted by molar-refractivity contribution is 0.1000. The summed E-state index contributed by atoms with van der Waals surface area (Å²) in [4.78, 5) is 25.8. The van der Waals surface area contributed by atoms with Crippen molar-refractivity contribution < 1.29 is 14.7 Å². The van der Waals surface area contributed by atoms with Gasteiger partial charge in [0.15, 0.2) is 11.7 Å².